The number of hydrogen-bond donors (Lipinski definition) is 0. The highest BCUT2D eigenvalue weighted by Gasteiger charge is 2.31. The van der Waals surface area contributed by atoms with Crippen LogP contribution in [-0.2, 0) is 10.0 Å². The molecule has 0 saturated carbocycles. The molecular formula is C21H21ClN4O6S2. The maximum Gasteiger partial charge on any atom is 0.289 e. The fourth-order valence-corrected chi connectivity index (χ4v) is 6.08. The van der Waals surface area contributed by atoms with Crippen molar-refractivity contribution in [3.8, 4) is 22.8 Å². The summed E-state index contributed by atoms with van der Waals surface area (Å²) in [6.45, 7) is 1.31. The van der Waals surface area contributed by atoms with Gasteiger partial charge in [0, 0.05) is 49.3 Å². The monoisotopic (exact) mass is 524 g/mol. The van der Waals surface area contributed by atoms with E-state index in [1.165, 1.54) is 27.8 Å². The second kappa shape index (κ2) is 9.74. The molecule has 1 fully saturated rings. The zero-order valence-corrected chi connectivity index (χ0v) is 20.7. The third kappa shape index (κ3) is 4.80. The Bertz CT molecular complexity index is 1300. The summed E-state index contributed by atoms with van der Waals surface area (Å²) < 4.78 is 38.0. The molecule has 180 valence electrons. The summed E-state index contributed by atoms with van der Waals surface area (Å²) in [4.78, 5) is 17.0. The molecule has 3 aromatic rings. The van der Waals surface area contributed by atoms with E-state index in [0.29, 0.717) is 24.6 Å². The molecule has 2 aromatic carbocycles. The van der Waals surface area contributed by atoms with Crippen LogP contribution in [0.15, 0.2) is 46.7 Å². The van der Waals surface area contributed by atoms with Gasteiger partial charge in [0.25, 0.3) is 5.69 Å². The largest absolute Gasteiger partial charge is 0.497 e. The zero-order valence-electron chi connectivity index (χ0n) is 18.3. The van der Waals surface area contributed by atoms with Gasteiger partial charge in [0.15, 0.2) is 5.13 Å². The highest BCUT2D eigenvalue weighted by molar-refractivity contribution is 7.89. The number of halogens is 1. The summed E-state index contributed by atoms with van der Waals surface area (Å²) in [5, 5.41) is 13.7. The first-order valence-corrected chi connectivity index (χ1v) is 12.8. The number of benzene rings is 2. The third-order valence-electron chi connectivity index (χ3n) is 5.40. The van der Waals surface area contributed by atoms with Crippen LogP contribution in [0.3, 0.4) is 0 Å². The van der Waals surface area contributed by atoms with Gasteiger partial charge in [0.2, 0.25) is 10.0 Å². The molecule has 0 aliphatic carbocycles. The topological polar surface area (TPSA) is 115 Å². The van der Waals surface area contributed by atoms with Gasteiger partial charge in [-0.2, -0.15) is 4.31 Å². The van der Waals surface area contributed by atoms with Crippen molar-refractivity contribution in [2.75, 3.05) is 45.3 Å². The molecule has 4 rings (SSSR count). The Kier molecular flexibility index (Phi) is 6.94. The molecule has 1 aliphatic rings. The van der Waals surface area contributed by atoms with E-state index in [-0.39, 0.29) is 23.0 Å². The van der Waals surface area contributed by atoms with Gasteiger partial charge in [-0.25, -0.2) is 13.4 Å². The van der Waals surface area contributed by atoms with Gasteiger partial charge in [0.1, 0.15) is 16.5 Å². The van der Waals surface area contributed by atoms with Gasteiger partial charge < -0.3 is 14.4 Å². The van der Waals surface area contributed by atoms with E-state index in [2.05, 4.69) is 0 Å². The van der Waals surface area contributed by atoms with E-state index >= 15 is 0 Å². The minimum absolute atomic E-state index is 0.109. The van der Waals surface area contributed by atoms with Crippen LogP contribution in [0.2, 0.25) is 5.02 Å². The lowest BCUT2D eigenvalue weighted by Crippen LogP contribution is -2.48. The van der Waals surface area contributed by atoms with E-state index in [1.807, 2.05) is 22.4 Å². The van der Waals surface area contributed by atoms with Crippen molar-refractivity contribution in [2.24, 2.45) is 0 Å². The summed E-state index contributed by atoms with van der Waals surface area (Å²) in [6.07, 6.45) is 0. The number of nitro groups is 1. The van der Waals surface area contributed by atoms with E-state index < -0.39 is 20.6 Å². The summed E-state index contributed by atoms with van der Waals surface area (Å²) >= 11 is 7.28. The first-order chi connectivity index (χ1) is 16.2. The molecule has 2 heterocycles. The van der Waals surface area contributed by atoms with Gasteiger partial charge in [-0.15, -0.1) is 11.3 Å². The molecule has 0 spiro atoms. The number of nitrogens with zero attached hydrogens (tertiary/aromatic N) is 4. The first kappa shape index (κ1) is 24.2. The van der Waals surface area contributed by atoms with Crippen molar-refractivity contribution in [1.82, 2.24) is 9.29 Å². The van der Waals surface area contributed by atoms with Gasteiger partial charge in [-0.3, -0.25) is 10.1 Å². The molecule has 1 aliphatic heterocycles. The molecular weight excluding hydrogens is 504 g/mol. The van der Waals surface area contributed by atoms with Crippen molar-refractivity contribution in [1.29, 1.82) is 0 Å². The van der Waals surface area contributed by atoms with E-state index in [1.54, 1.807) is 20.3 Å². The highest BCUT2D eigenvalue weighted by atomic mass is 35.5. The Hall–Kier alpha value is -2.93. The van der Waals surface area contributed by atoms with Crippen LogP contribution in [0, 0.1) is 10.1 Å². The van der Waals surface area contributed by atoms with Gasteiger partial charge in [-0.05, 0) is 24.3 Å². The molecule has 1 aromatic heterocycles. The number of piperazine rings is 1. The summed E-state index contributed by atoms with van der Waals surface area (Å²) in [5.41, 5.74) is 1.18. The smallest absolute Gasteiger partial charge is 0.289 e. The van der Waals surface area contributed by atoms with E-state index in [0.717, 1.165) is 22.5 Å². The number of thiazole rings is 1. The Morgan fingerprint density at radius 3 is 2.29 bits per heavy atom. The first-order valence-electron chi connectivity index (χ1n) is 10.1. The molecule has 10 nitrogen and oxygen atoms in total. The number of ether oxygens (including phenoxy) is 2. The molecule has 0 unspecified atom stereocenters. The number of anilines is 1. The average molecular weight is 525 g/mol. The number of sulfonamides is 1. The van der Waals surface area contributed by atoms with Gasteiger partial charge >= 0.3 is 0 Å². The minimum Gasteiger partial charge on any atom is -0.497 e. The van der Waals surface area contributed by atoms with E-state index in [4.69, 9.17) is 26.1 Å². The Balaban J connectivity index is 1.48. The lowest BCUT2D eigenvalue weighted by molar-refractivity contribution is -0.384. The standard InChI is InChI=1S/C21H21ClN4O6S2/c1-31-15-9-14(10-16(11-15)32-2)19-13-33-21(23-19)24-5-7-25(8-6-24)34(29,30)17-3-4-18(22)20(12-17)26(27)28/h3-4,9-13H,5-8H2,1-2H3. The minimum atomic E-state index is -3.89. The molecule has 0 atom stereocenters. The lowest BCUT2D eigenvalue weighted by atomic mass is 10.1. The Morgan fingerprint density at radius 1 is 1.06 bits per heavy atom. The summed E-state index contributed by atoms with van der Waals surface area (Å²) in [5.74, 6) is 1.32. The number of nitro benzene ring substituents is 1. The molecule has 0 radical (unpaired) electrons. The summed E-state index contributed by atoms with van der Waals surface area (Å²) in [6, 6.07) is 9.04. The molecule has 0 amide bonds. The van der Waals surface area contributed by atoms with Crippen LogP contribution in [0.25, 0.3) is 11.3 Å². The van der Waals surface area contributed by atoms with Crippen molar-refractivity contribution in [3.05, 3.63) is 56.9 Å². The quantitative estimate of drug-likeness (QED) is 0.337. The maximum atomic E-state index is 13.0. The van der Waals surface area contributed by atoms with Crippen LogP contribution < -0.4 is 14.4 Å². The van der Waals surface area contributed by atoms with E-state index in [9.17, 15) is 18.5 Å². The third-order valence-corrected chi connectivity index (χ3v) is 8.52. The zero-order chi connectivity index (χ0) is 24.5. The number of rotatable bonds is 7. The van der Waals surface area contributed by atoms with Crippen LogP contribution >= 0.6 is 22.9 Å². The van der Waals surface area contributed by atoms with Crippen molar-refractivity contribution in [2.45, 2.75) is 4.90 Å². The fourth-order valence-electron chi connectivity index (χ4n) is 3.56. The predicted molar refractivity (Wildman–Crippen MR) is 130 cm³/mol. The molecule has 0 bridgehead atoms. The SMILES string of the molecule is COc1cc(OC)cc(-c2csc(N3CCN(S(=O)(=O)c4ccc(Cl)c([N+](=O)[O-])c4)CC3)n2)c1. The van der Waals surface area contributed by atoms with Crippen molar-refractivity contribution >= 4 is 43.8 Å². The molecule has 13 heteroatoms. The molecule has 34 heavy (non-hydrogen) atoms. The van der Waals surface area contributed by atoms with Crippen molar-refractivity contribution < 1.29 is 22.8 Å². The van der Waals surface area contributed by atoms with Crippen LogP contribution in [0.5, 0.6) is 11.5 Å². The van der Waals surface area contributed by atoms with Gasteiger partial charge in [-0.1, -0.05) is 11.6 Å². The number of aromatic nitrogens is 1. The van der Waals surface area contributed by atoms with Gasteiger partial charge in [0.05, 0.1) is 29.7 Å². The van der Waals surface area contributed by atoms with Crippen LogP contribution in [-0.4, -0.2) is 63.0 Å². The Morgan fingerprint density at radius 2 is 1.71 bits per heavy atom. The molecule has 1 saturated heterocycles. The second-order valence-electron chi connectivity index (χ2n) is 7.38. The average Bonchev–Trinajstić information content (AvgIpc) is 3.34. The van der Waals surface area contributed by atoms with Crippen molar-refractivity contribution in [3.63, 3.8) is 0 Å². The van der Waals surface area contributed by atoms with Crippen LogP contribution in [0.1, 0.15) is 0 Å². The maximum absolute atomic E-state index is 13.0. The second-order valence-corrected chi connectivity index (χ2v) is 10.6. The fraction of sp³-hybridized carbons (Fsp3) is 0.286. The molecule has 0 N–H and O–H groups in total. The number of hydrogen-bond acceptors (Lipinski definition) is 9. The number of methoxy groups -OCH3 is 2. The normalized spacial score (nSPS) is 14.7. The Labute approximate surface area is 205 Å². The summed E-state index contributed by atoms with van der Waals surface area (Å²) in [7, 11) is -0.727. The lowest BCUT2D eigenvalue weighted by Gasteiger charge is -2.33. The van der Waals surface area contributed by atoms with Crippen LogP contribution in [0.4, 0.5) is 10.8 Å². The predicted octanol–water partition coefficient (Wildman–Crippen LogP) is 3.90. The highest BCUT2D eigenvalue weighted by Crippen LogP contribution is 2.34.